The number of aldehydes is 1. The summed E-state index contributed by atoms with van der Waals surface area (Å²) < 4.78 is 29.8. The van der Waals surface area contributed by atoms with Gasteiger partial charge in [-0.2, -0.15) is 0 Å². The number of rotatable bonds is 11. The highest BCUT2D eigenvalue weighted by molar-refractivity contribution is 5.98. The summed E-state index contributed by atoms with van der Waals surface area (Å²) in [5.41, 5.74) is 6.82. The molecule has 1 N–H and O–H groups in total. The summed E-state index contributed by atoms with van der Waals surface area (Å²) in [6, 6.07) is 4.92. The monoisotopic (exact) mass is 609 g/mol. The molecule has 5 heteroatoms. The van der Waals surface area contributed by atoms with Crippen molar-refractivity contribution >= 4 is 17.8 Å². The van der Waals surface area contributed by atoms with Crippen LogP contribution in [0, 0.1) is 17.7 Å². The van der Waals surface area contributed by atoms with Gasteiger partial charge in [0.2, 0.25) is 0 Å². The first kappa shape index (κ1) is 40.7. The normalized spacial score (nSPS) is 15.8. The fourth-order valence-corrected chi connectivity index (χ4v) is 5.32. The second-order valence-corrected chi connectivity index (χ2v) is 11.5. The summed E-state index contributed by atoms with van der Waals surface area (Å²) in [7, 11) is 1.51. The molecule has 1 fully saturated rings. The minimum absolute atomic E-state index is 0.204. The quantitative estimate of drug-likeness (QED) is 0.154. The summed E-state index contributed by atoms with van der Waals surface area (Å²) in [6.45, 7) is 24.1. The number of hydrogen-bond acceptors (Lipinski definition) is 2. The van der Waals surface area contributed by atoms with E-state index >= 15 is 4.39 Å². The zero-order valence-corrected chi connectivity index (χ0v) is 29.2. The first-order valence-electron chi connectivity index (χ1n) is 16.0. The van der Waals surface area contributed by atoms with Crippen LogP contribution >= 0.6 is 0 Å². The highest BCUT2D eigenvalue weighted by Gasteiger charge is 2.26. The topological polar surface area (TPSA) is 46.2 Å². The summed E-state index contributed by atoms with van der Waals surface area (Å²) in [5.74, 6) is 0.220. The van der Waals surface area contributed by atoms with E-state index in [2.05, 4.69) is 59.5 Å². The summed E-state index contributed by atoms with van der Waals surface area (Å²) in [5, 5.41) is 2.54. The van der Waals surface area contributed by atoms with E-state index < -0.39 is 11.6 Å². The van der Waals surface area contributed by atoms with Crippen molar-refractivity contribution in [3.8, 4) is 0 Å². The lowest BCUT2D eigenvalue weighted by molar-refractivity contribution is -0.116. The molecule has 1 saturated carbocycles. The first-order chi connectivity index (χ1) is 20.8. The standard InChI is InChI=1S/C22H27F2NO.C15H26.C2H4O/c1-5-14(3)18(22(26)25-4)13-20(24)16(6-2)21-17(15-9-7-10-15)11-8-12-19(21)23;1-8-10-13(6)14(7)15(11(3)4)12(5)9-2;1-2-3/h6,8,11-13,15H,5,7,9-10H2,1-4H3,(H,25,26);8,10-12H,1,9H2,2-7H3;2H,1H3/b16-6+,18-14-,20-13+;13-10-,15-14-;. The third-order valence-electron chi connectivity index (χ3n) is 8.30. The molecule has 244 valence electrons. The molecule has 0 bridgehead atoms. The smallest absolute Gasteiger partial charge is 0.251 e. The molecule has 0 radical (unpaired) electrons. The van der Waals surface area contributed by atoms with Crippen molar-refractivity contribution in [1.29, 1.82) is 0 Å². The van der Waals surface area contributed by atoms with Crippen LogP contribution in [0.2, 0.25) is 0 Å². The second kappa shape index (κ2) is 21.4. The predicted molar refractivity (Wildman–Crippen MR) is 186 cm³/mol. The Balaban J connectivity index is 0.000000874. The van der Waals surface area contributed by atoms with Crippen molar-refractivity contribution < 1.29 is 18.4 Å². The molecule has 2 rings (SSSR count). The highest BCUT2D eigenvalue weighted by atomic mass is 19.1. The number of benzene rings is 1. The molecule has 1 aromatic rings. The molecule has 0 heterocycles. The summed E-state index contributed by atoms with van der Waals surface area (Å²) in [4.78, 5) is 20.9. The molecular weight excluding hydrogens is 552 g/mol. The molecule has 0 aromatic heterocycles. The Hall–Kier alpha value is -3.34. The number of hydrogen-bond donors (Lipinski definition) is 1. The number of carbonyl (C=O) groups excluding carboxylic acids is 2. The van der Waals surface area contributed by atoms with Crippen LogP contribution in [0.15, 0.2) is 82.8 Å². The Labute approximate surface area is 267 Å². The van der Waals surface area contributed by atoms with Gasteiger partial charge in [-0.3, -0.25) is 4.79 Å². The van der Waals surface area contributed by atoms with Crippen LogP contribution < -0.4 is 5.32 Å². The van der Waals surface area contributed by atoms with Crippen molar-refractivity contribution in [3.63, 3.8) is 0 Å². The lowest BCUT2D eigenvalue weighted by atomic mass is 9.76. The van der Waals surface area contributed by atoms with Crippen LogP contribution in [0.3, 0.4) is 0 Å². The van der Waals surface area contributed by atoms with E-state index in [1.54, 1.807) is 31.6 Å². The zero-order valence-electron chi connectivity index (χ0n) is 29.2. The van der Waals surface area contributed by atoms with Gasteiger partial charge in [0.25, 0.3) is 5.91 Å². The van der Waals surface area contributed by atoms with E-state index in [0.29, 0.717) is 23.8 Å². The van der Waals surface area contributed by atoms with E-state index in [9.17, 15) is 9.18 Å². The fraction of sp³-hybridized carbons (Fsp3) is 0.487. The van der Waals surface area contributed by atoms with Gasteiger partial charge < -0.3 is 10.1 Å². The Morgan fingerprint density at radius 3 is 2.11 bits per heavy atom. The van der Waals surface area contributed by atoms with Gasteiger partial charge in [-0.05, 0) is 107 Å². The molecule has 0 saturated heterocycles. The maximum Gasteiger partial charge on any atom is 0.251 e. The third kappa shape index (κ3) is 12.0. The molecule has 1 aromatic carbocycles. The average Bonchev–Trinajstić information content (AvgIpc) is 2.96. The van der Waals surface area contributed by atoms with Crippen LogP contribution in [0.4, 0.5) is 8.78 Å². The number of amides is 1. The van der Waals surface area contributed by atoms with Gasteiger partial charge in [-0.25, -0.2) is 8.78 Å². The first-order valence-corrected chi connectivity index (χ1v) is 16.0. The number of nitrogens with one attached hydrogen (secondary N) is 1. The third-order valence-corrected chi connectivity index (χ3v) is 8.30. The van der Waals surface area contributed by atoms with E-state index in [0.717, 1.165) is 36.7 Å². The lowest BCUT2D eigenvalue weighted by Crippen LogP contribution is -2.20. The van der Waals surface area contributed by atoms with Crippen LogP contribution in [-0.4, -0.2) is 19.2 Å². The van der Waals surface area contributed by atoms with Crippen LogP contribution in [0.25, 0.3) is 5.57 Å². The molecule has 1 aliphatic carbocycles. The fourth-order valence-electron chi connectivity index (χ4n) is 5.32. The molecule has 0 spiro atoms. The van der Waals surface area contributed by atoms with E-state index in [1.165, 1.54) is 43.7 Å². The van der Waals surface area contributed by atoms with Gasteiger partial charge in [0, 0.05) is 23.8 Å². The van der Waals surface area contributed by atoms with Crippen molar-refractivity contribution in [2.24, 2.45) is 11.8 Å². The number of allylic oxidation sites excluding steroid dienone is 9. The average molecular weight is 610 g/mol. The SMILES string of the molecule is C=C/C=C(C)\C(C)=C(\C(C)C)C(C)CC.CC=O.C\C=C(/C(F)=C\C(C(=O)NC)=C(/C)CC)c1c(F)cccc1C1CCC1. The minimum atomic E-state index is -0.593. The Morgan fingerprint density at radius 1 is 1.11 bits per heavy atom. The summed E-state index contributed by atoms with van der Waals surface area (Å²) in [6.07, 6.45) is 12.5. The van der Waals surface area contributed by atoms with E-state index in [1.807, 2.05) is 19.1 Å². The van der Waals surface area contributed by atoms with Gasteiger partial charge in [0.1, 0.15) is 17.9 Å². The maximum atomic E-state index is 15.2. The molecular formula is C39H57F2NO2. The molecule has 0 aliphatic heterocycles. The highest BCUT2D eigenvalue weighted by Crippen LogP contribution is 2.42. The molecule has 3 nitrogen and oxygen atoms in total. The molecule has 1 unspecified atom stereocenters. The summed E-state index contributed by atoms with van der Waals surface area (Å²) >= 11 is 0. The number of likely N-dealkylation sites (N-methyl/N-ethyl adjacent to an activating group) is 1. The molecule has 1 atom stereocenters. The molecule has 1 amide bonds. The van der Waals surface area contributed by atoms with Gasteiger partial charge in [0.15, 0.2) is 0 Å². The van der Waals surface area contributed by atoms with Crippen molar-refractivity contribution in [2.45, 2.75) is 107 Å². The zero-order chi connectivity index (χ0) is 34.0. The van der Waals surface area contributed by atoms with Gasteiger partial charge in [-0.15, -0.1) is 0 Å². The van der Waals surface area contributed by atoms with Crippen LogP contribution in [0.1, 0.15) is 118 Å². The van der Waals surface area contributed by atoms with Gasteiger partial charge in [0.05, 0.1) is 0 Å². The van der Waals surface area contributed by atoms with Crippen molar-refractivity contribution in [3.05, 3.63) is 99.7 Å². The van der Waals surface area contributed by atoms with Crippen LogP contribution in [0.5, 0.6) is 0 Å². The Bertz CT molecular complexity index is 1260. The lowest BCUT2D eigenvalue weighted by Gasteiger charge is -2.28. The van der Waals surface area contributed by atoms with Crippen LogP contribution in [-0.2, 0) is 9.59 Å². The van der Waals surface area contributed by atoms with Crippen molar-refractivity contribution in [1.82, 2.24) is 5.32 Å². The number of halogens is 2. The second-order valence-electron chi connectivity index (χ2n) is 11.5. The minimum Gasteiger partial charge on any atom is -0.355 e. The molecule has 44 heavy (non-hydrogen) atoms. The predicted octanol–water partition coefficient (Wildman–Crippen LogP) is 11.2. The van der Waals surface area contributed by atoms with Gasteiger partial charge >= 0.3 is 0 Å². The van der Waals surface area contributed by atoms with E-state index in [-0.39, 0.29) is 23.0 Å². The van der Waals surface area contributed by atoms with Gasteiger partial charge in [-0.1, -0.05) is 89.1 Å². The van der Waals surface area contributed by atoms with E-state index in [4.69, 9.17) is 4.79 Å². The molecule has 1 aliphatic rings. The maximum absolute atomic E-state index is 15.2. The number of carbonyl (C=O) groups is 2. The Kier molecular flexibility index (Phi) is 19.8. The Morgan fingerprint density at radius 2 is 1.70 bits per heavy atom. The largest absolute Gasteiger partial charge is 0.355 e. The van der Waals surface area contributed by atoms with Crippen molar-refractivity contribution in [2.75, 3.05) is 7.05 Å².